The summed E-state index contributed by atoms with van der Waals surface area (Å²) in [6, 6.07) is 52.9. The lowest BCUT2D eigenvalue weighted by atomic mass is 9.33. The first-order valence-electron chi connectivity index (χ1n) is 24.6. The fourth-order valence-corrected chi connectivity index (χ4v) is 10.2. The molecule has 0 bridgehead atoms. The van der Waals surface area contributed by atoms with Crippen LogP contribution in [0.25, 0.3) is 33.7 Å². The standard InChI is InChI=1S/C63H68BN3O/c1-59(2,3)42-22-20-40(21-23-42)39-16-18-41(19-17-39)58-65-51-38-53-50(37-56(51)68-58)64-49-34-45(62(10,11)12)28-33-52(49)66(47-29-24-43(25-30-47)60(4,5)6)54-35-46(63(13,14)15)36-55(57(54)64)67(53)48-31-26-44(27-32-48)61(7,8)9/h16-38H,1-15H3. The number of nitrogens with zero attached hydrogens (tertiary/aromatic N) is 3. The number of hydrogen-bond donors (Lipinski definition) is 0. The quantitative estimate of drug-likeness (QED) is 0.165. The Morgan fingerprint density at radius 2 is 0.765 bits per heavy atom. The summed E-state index contributed by atoms with van der Waals surface area (Å²) in [5.41, 5.74) is 22.3. The van der Waals surface area contributed by atoms with Gasteiger partial charge in [-0.15, -0.1) is 0 Å². The average Bonchev–Trinajstić information content (AvgIpc) is 3.70. The van der Waals surface area contributed by atoms with Gasteiger partial charge in [-0.05, 0) is 149 Å². The molecule has 5 heteroatoms. The second kappa shape index (κ2) is 15.6. The second-order valence-corrected chi connectivity index (χ2v) is 24.7. The Kier molecular flexibility index (Phi) is 10.4. The van der Waals surface area contributed by atoms with Gasteiger partial charge in [0.25, 0.3) is 6.71 Å². The molecule has 0 saturated carbocycles. The van der Waals surface area contributed by atoms with Gasteiger partial charge < -0.3 is 14.2 Å². The van der Waals surface area contributed by atoms with Crippen molar-refractivity contribution >= 4 is 68.3 Å². The molecule has 4 nitrogen and oxygen atoms in total. The van der Waals surface area contributed by atoms with Gasteiger partial charge in [0.05, 0.1) is 0 Å². The molecule has 8 aromatic rings. The van der Waals surface area contributed by atoms with Crippen LogP contribution in [0.4, 0.5) is 34.1 Å². The normalized spacial score (nSPS) is 14.0. The number of hydrogen-bond acceptors (Lipinski definition) is 4. The molecule has 0 fully saturated rings. The zero-order valence-corrected chi connectivity index (χ0v) is 43.1. The van der Waals surface area contributed by atoms with E-state index in [9.17, 15) is 0 Å². The third kappa shape index (κ3) is 7.96. The van der Waals surface area contributed by atoms with E-state index >= 15 is 0 Å². The lowest BCUT2D eigenvalue weighted by molar-refractivity contribution is 0.589. The third-order valence-corrected chi connectivity index (χ3v) is 14.5. The van der Waals surface area contributed by atoms with Crippen LogP contribution in [0, 0.1) is 0 Å². The Morgan fingerprint density at radius 3 is 1.24 bits per heavy atom. The minimum Gasteiger partial charge on any atom is -0.436 e. The molecule has 0 unspecified atom stereocenters. The molecule has 68 heavy (non-hydrogen) atoms. The van der Waals surface area contributed by atoms with Gasteiger partial charge >= 0.3 is 0 Å². The molecule has 1 aromatic heterocycles. The van der Waals surface area contributed by atoms with Crippen LogP contribution in [0.3, 0.4) is 0 Å². The maximum Gasteiger partial charge on any atom is 0.252 e. The first-order valence-corrected chi connectivity index (χ1v) is 24.6. The van der Waals surface area contributed by atoms with Crippen molar-refractivity contribution in [3.05, 3.63) is 167 Å². The van der Waals surface area contributed by atoms with Gasteiger partial charge in [-0.1, -0.05) is 177 Å². The van der Waals surface area contributed by atoms with E-state index in [2.05, 4.69) is 253 Å². The van der Waals surface area contributed by atoms with Crippen molar-refractivity contribution in [3.8, 4) is 22.6 Å². The molecule has 2 aliphatic rings. The molecular formula is C63H68BN3O. The van der Waals surface area contributed by atoms with Crippen LogP contribution in [0.2, 0.25) is 0 Å². The van der Waals surface area contributed by atoms with E-state index in [1.54, 1.807) is 0 Å². The highest BCUT2D eigenvalue weighted by molar-refractivity contribution is 7.00. The Bertz CT molecular complexity index is 3210. The summed E-state index contributed by atoms with van der Waals surface area (Å²) in [6.45, 7) is 34.4. The molecule has 2 aliphatic heterocycles. The van der Waals surface area contributed by atoms with Crippen LogP contribution in [0.5, 0.6) is 0 Å². The van der Waals surface area contributed by atoms with E-state index in [1.807, 2.05) is 0 Å². The molecule has 10 rings (SSSR count). The number of fused-ring (bicyclic) bond motifs is 5. The predicted molar refractivity (Wildman–Crippen MR) is 292 cm³/mol. The Balaban J connectivity index is 1.21. The van der Waals surface area contributed by atoms with Gasteiger partial charge in [0.2, 0.25) is 5.89 Å². The van der Waals surface area contributed by atoms with Gasteiger partial charge in [0.15, 0.2) is 5.58 Å². The number of benzene rings is 7. The molecule has 0 spiro atoms. The van der Waals surface area contributed by atoms with Gasteiger partial charge in [-0.3, -0.25) is 0 Å². The van der Waals surface area contributed by atoms with Crippen molar-refractivity contribution in [2.45, 2.75) is 131 Å². The zero-order valence-electron chi connectivity index (χ0n) is 43.1. The van der Waals surface area contributed by atoms with Crippen LogP contribution in [-0.4, -0.2) is 11.7 Å². The topological polar surface area (TPSA) is 32.5 Å². The molecule has 0 atom stereocenters. The van der Waals surface area contributed by atoms with Gasteiger partial charge in [-0.25, -0.2) is 4.98 Å². The van der Waals surface area contributed by atoms with Crippen molar-refractivity contribution < 1.29 is 4.42 Å². The largest absolute Gasteiger partial charge is 0.436 e. The third-order valence-electron chi connectivity index (χ3n) is 14.5. The van der Waals surface area contributed by atoms with E-state index in [1.165, 1.54) is 72.4 Å². The van der Waals surface area contributed by atoms with E-state index in [-0.39, 0.29) is 33.8 Å². The van der Waals surface area contributed by atoms with E-state index < -0.39 is 0 Å². The van der Waals surface area contributed by atoms with Crippen LogP contribution in [0.15, 0.2) is 144 Å². The molecule has 0 radical (unpaired) electrons. The van der Waals surface area contributed by atoms with Crippen LogP contribution in [0.1, 0.15) is 132 Å². The van der Waals surface area contributed by atoms with Crippen LogP contribution in [-0.2, 0) is 27.1 Å². The minimum absolute atomic E-state index is 0.0185. The summed E-state index contributed by atoms with van der Waals surface area (Å²) >= 11 is 0. The molecule has 0 saturated heterocycles. The average molecular weight is 894 g/mol. The highest BCUT2D eigenvalue weighted by Gasteiger charge is 2.45. The summed E-state index contributed by atoms with van der Waals surface area (Å²) < 4.78 is 6.86. The minimum atomic E-state index is -0.127. The van der Waals surface area contributed by atoms with Gasteiger partial charge in [-0.2, -0.15) is 0 Å². The highest BCUT2D eigenvalue weighted by atomic mass is 16.3. The summed E-state index contributed by atoms with van der Waals surface area (Å²) in [5.74, 6) is 0.621. The van der Waals surface area contributed by atoms with Gasteiger partial charge in [0, 0.05) is 39.7 Å². The van der Waals surface area contributed by atoms with Crippen molar-refractivity contribution in [2.24, 2.45) is 0 Å². The highest BCUT2D eigenvalue weighted by Crippen LogP contribution is 2.48. The molecule has 0 amide bonds. The molecular weight excluding hydrogens is 826 g/mol. The lowest BCUT2D eigenvalue weighted by Gasteiger charge is -2.45. The molecule has 0 aliphatic carbocycles. The van der Waals surface area contributed by atoms with Crippen molar-refractivity contribution in [3.63, 3.8) is 0 Å². The number of rotatable bonds is 4. The summed E-state index contributed by atoms with van der Waals surface area (Å²) in [5, 5.41) is 0. The smallest absolute Gasteiger partial charge is 0.252 e. The summed E-state index contributed by atoms with van der Waals surface area (Å²) in [7, 11) is 0. The Morgan fingerprint density at radius 1 is 0.368 bits per heavy atom. The molecule has 7 aromatic carbocycles. The van der Waals surface area contributed by atoms with E-state index in [4.69, 9.17) is 9.40 Å². The van der Waals surface area contributed by atoms with Crippen molar-refractivity contribution in [1.29, 1.82) is 0 Å². The predicted octanol–water partition coefficient (Wildman–Crippen LogP) is 15.7. The van der Waals surface area contributed by atoms with Gasteiger partial charge in [0.1, 0.15) is 5.52 Å². The fourth-order valence-electron chi connectivity index (χ4n) is 10.2. The van der Waals surface area contributed by atoms with E-state index in [0.29, 0.717) is 5.89 Å². The Hall–Kier alpha value is -6.33. The molecule has 0 N–H and O–H groups in total. The maximum atomic E-state index is 6.86. The van der Waals surface area contributed by atoms with Crippen molar-refractivity contribution in [2.75, 3.05) is 9.80 Å². The first kappa shape index (κ1) is 45.5. The molecule has 3 heterocycles. The lowest BCUT2D eigenvalue weighted by Crippen LogP contribution is -2.61. The van der Waals surface area contributed by atoms with Crippen LogP contribution >= 0.6 is 0 Å². The van der Waals surface area contributed by atoms with Crippen molar-refractivity contribution in [1.82, 2.24) is 4.98 Å². The second-order valence-electron chi connectivity index (χ2n) is 24.7. The van der Waals surface area contributed by atoms with E-state index in [0.717, 1.165) is 33.7 Å². The summed E-state index contributed by atoms with van der Waals surface area (Å²) in [6.07, 6.45) is 0. The number of anilines is 6. The zero-order chi connectivity index (χ0) is 48.5. The maximum absolute atomic E-state index is 6.86. The summed E-state index contributed by atoms with van der Waals surface area (Å²) in [4.78, 5) is 10.3. The van der Waals surface area contributed by atoms with Crippen LogP contribution < -0.4 is 26.2 Å². The number of aromatic nitrogens is 1. The molecule has 344 valence electrons. The fraction of sp³-hybridized carbons (Fsp3) is 0.317. The monoisotopic (exact) mass is 894 g/mol. The number of oxazole rings is 1. The SMILES string of the molecule is CC(C)(C)c1ccc(-c2ccc(-c3nc4cc5c(cc4o3)B3c4cc(C(C)(C)C)ccc4N(c4ccc(C(C)(C)C)cc4)c4cc(C(C)(C)C)cc(c43)N5c3ccc(C(C)(C)C)cc3)cc2)cc1. The first-order chi connectivity index (χ1) is 31.8. The Labute approximate surface area is 406 Å².